The molecule has 15 heteroatoms. The van der Waals surface area contributed by atoms with Crippen LogP contribution in [-0.4, -0.2) is 113 Å². The highest BCUT2D eigenvalue weighted by molar-refractivity contribution is 5.83. The van der Waals surface area contributed by atoms with Crippen LogP contribution in [0.3, 0.4) is 0 Å². The summed E-state index contributed by atoms with van der Waals surface area (Å²) in [5.41, 5.74) is -4.39. The Kier molecular flexibility index (Phi) is 21.4. The van der Waals surface area contributed by atoms with E-state index in [9.17, 15) is 28.8 Å². The van der Waals surface area contributed by atoms with Crippen molar-refractivity contribution in [1.29, 1.82) is 0 Å². The molecule has 290 valence electrons. The van der Waals surface area contributed by atoms with Crippen molar-refractivity contribution in [3.63, 3.8) is 0 Å². The first-order valence-corrected chi connectivity index (χ1v) is 16.0. The molecule has 0 aliphatic carbocycles. The molecule has 0 spiro atoms. The van der Waals surface area contributed by atoms with E-state index in [1.54, 1.807) is 27.7 Å². The smallest absolute Gasteiger partial charge is 0.330 e. The standard InChI is InChI=1S/C37H52O15/c1-11-28(38)45-21-36(22-46-29(39)12-2,23-47-30(40)13-3)20-44-19-35(9,10)51-18-17-34(7,8)52-27-37(24-48-31(41)14-4,25-49-32(42)15-5)26-50-33(43)16-6/h11-16H,1-6,17-27H2,7-10H3. The van der Waals surface area contributed by atoms with Gasteiger partial charge in [-0.05, 0) is 34.1 Å². The highest BCUT2D eigenvalue weighted by Crippen LogP contribution is 2.27. The zero-order valence-electron chi connectivity index (χ0n) is 30.6. The van der Waals surface area contributed by atoms with Crippen molar-refractivity contribution in [3.05, 3.63) is 75.9 Å². The SMILES string of the molecule is C=CC(=O)OCC(COCC(C)(C)OCCC(C)(C)OCC(COC(=O)C=C)(COC(=O)C=C)COC(=O)C=C)(COC(=O)C=C)COC(=O)C=C. The Morgan fingerprint density at radius 3 is 0.981 bits per heavy atom. The Labute approximate surface area is 305 Å². The number of carbonyl (C=O) groups excluding carboxylic acids is 6. The largest absolute Gasteiger partial charge is 0.462 e. The molecular weight excluding hydrogens is 684 g/mol. The maximum Gasteiger partial charge on any atom is 0.330 e. The van der Waals surface area contributed by atoms with E-state index in [0.717, 1.165) is 36.5 Å². The third kappa shape index (κ3) is 20.1. The van der Waals surface area contributed by atoms with Crippen LogP contribution in [0.5, 0.6) is 0 Å². The summed E-state index contributed by atoms with van der Waals surface area (Å²) in [5, 5.41) is 0. The molecule has 52 heavy (non-hydrogen) atoms. The Bertz CT molecular complexity index is 1170. The quantitative estimate of drug-likeness (QED) is 0.0618. The van der Waals surface area contributed by atoms with Gasteiger partial charge in [-0.2, -0.15) is 0 Å². The van der Waals surface area contributed by atoms with Gasteiger partial charge in [-0.3, -0.25) is 0 Å². The molecule has 0 aliphatic rings. The lowest BCUT2D eigenvalue weighted by Gasteiger charge is -2.36. The van der Waals surface area contributed by atoms with Crippen LogP contribution in [0.4, 0.5) is 0 Å². The second-order valence-corrected chi connectivity index (χ2v) is 12.8. The van der Waals surface area contributed by atoms with Crippen LogP contribution in [-0.2, 0) is 71.4 Å². The lowest BCUT2D eigenvalue weighted by Crippen LogP contribution is -2.46. The van der Waals surface area contributed by atoms with Crippen molar-refractivity contribution >= 4 is 35.8 Å². The molecule has 0 radical (unpaired) electrons. The highest BCUT2D eigenvalue weighted by atomic mass is 16.6. The lowest BCUT2D eigenvalue weighted by atomic mass is 9.91. The summed E-state index contributed by atoms with van der Waals surface area (Å²) < 4.78 is 49.6. The second-order valence-electron chi connectivity index (χ2n) is 12.8. The summed E-state index contributed by atoms with van der Waals surface area (Å²) in [6.45, 7) is 24.9. The number of esters is 6. The average Bonchev–Trinajstić information content (AvgIpc) is 3.13. The van der Waals surface area contributed by atoms with Gasteiger partial charge in [0, 0.05) is 36.5 Å². The second kappa shape index (κ2) is 23.6. The third-order valence-corrected chi connectivity index (χ3v) is 6.95. The number of hydrogen-bond acceptors (Lipinski definition) is 15. The summed E-state index contributed by atoms with van der Waals surface area (Å²) in [7, 11) is 0. The third-order valence-electron chi connectivity index (χ3n) is 6.95. The molecule has 0 fully saturated rings. The molecule has 0 saturated carbocycles. The normalized spacial score (nSPS) is 11.5. The molecule has 0 bridgehead atoms. The molecular formula is C37H52O15. The molecule has 0 rings (SSSR count). The van der Waals surface area contributed by atoms with Gasteiger partial charge in [0.05, 0.1) is 48.5 Å². The zero-order chi connectivity index (χ0) is 39.8. The van der Waals surface area contributed by atoms with Crippen molar-refractivity contribution in [2.24, 2.45) is 10.8 Å². The summed E-state index contributed by atoms with van der Waals surface area (Å²) >= 11 is 0. The van der Waals surface area contributed by atoms with E-state index in [-0.39, 0.29) is 66.1 Å². The van der Waals surface area contributed by atoms with Crippen LogP contribution >= 0.6 is 0 Å². The first kappa shape index (κ1) is 47.1. The van der Waals surface area contributed by atoms with Crippen molar-refractivity contribution in [1.82, 2.24) is 0 Å². The summed E-state index contributed by atoms with van der Waals surface area (Å²) in [5.74, 6) is -4.53. The van der Waals surface area contributed by atoms with E-state index >= 15 is 0 Å². The minimum atomic E-state index is -1.31. The van der Waals surface area contributed by atoms with E-state index in [1.165, 1.54) is 0 Å². The van der Waals surface area contributed by atoms with Crippen molar-refractivity contribution in [2.45, 2.75) is 45.3 Å². The number of carbonyl (C=O) groups is 6. The fraction of sp³-hybridized carbons (Fsp3) is 0.514. The van der Waals surface area contributed by atoms with E-state index in [4.69, 9.17) is 42.6 Å². The van der Waals surface area contributed by atoms with Crippen LogP contribution in [0.2, 0.25) is 0 Å². The number of ether oxygens (including phenoxy) is 9. The van der Waals surface area contributed by atoms with E-state index in [0.29, 0.717) is 6.42 Å². The maximum absolute atomic E-state index is 11.9. The van der Waals surface area contributed by atoms with Gasteiger partial charge in [-0.25, -0.2) is 28.8 Å². The molecule has 0 heterocycles. The molecule has 0 unspecified atom stereocenters. The van der Waals surface area contributed by atoms with Gasteiger partial charge in [-0.1, -0.05) is 39.5 Å². The number of rotatable bonds is 29. The molecule has 0 aromatic carbocycles. The first-order chi connectivity index (χ1) is 24.3. The molecule has 0 N–H and O–H groups in total. The summed E-state index contributed by atoms with van der Waals surface area (Å²) in [6.07, 6.45) is 6.04. The minimum absolute atomic E-state index is 0.00261. The molecule has 0 aromatic rings. The van der Waals surface area contributed by atoms with Crippen molar-refractivity contribution < 1.29 is 71.4 Å². The van der Waals surface area contributed by atoms with Crippen molar-refractivity contribution in [3.8, 4) is 0 Å². The molecule has 0 saturated heterocycles. The highest BCUT2D eigenvalue weighted by Gasteiger charge is 2.39. The van der Waals surface area contributed by atoms with E-state index < -0.39 is 57.8 Å². The molecule has 0 atom stereocenters. The van der Waals surface area contributed by atoms with Gasteiger partial charge < -0.3 is 42.6 Å². The fourth-order valence-corrected chi connectivity index (χ4v) is 3.75. The predicted molar refractivity (Wildman–Crippen MR) is 187 cm³/mol. The Hall–Kier alpha value is -4.86. The molecule has 0 aromatic heterocycles. The van der Waals surface area contributed by atoms with Gasteiger partial charge in [0.15, 0.2) is 0 Å². The predicted octanol–water partition coefficient (Wildman–Crippen LogP) is 3.33. The van der Waals surface area contributed by atoms with Crippen LogP contribution < -0.4 is 0 Å². The van der Waals surface area contributed by atoms with Gasteiger partial charge in [0.25, 0.3) is 0 Å². The maximum atomic E-state index is 11.9. The van der Waals surface area contributed by atoms with Gasteiger partial charge >= 0.3 is 35.8 Å². The molecule has 0 amide bonds. The van der Waals surface area contributed by atoms with Crippen LogP contribution in [0.1, 0.15) is 34.1 Å². The Morgan fingerprint density at radius 1 is 0.404 bits per heavy atom. The summed E-state index contributed by atoms with van der Waals surface area (Å²) in [4.78, 5) is 71.3. The van der Waals surface area contributed by atoms with Gasteiger partial charge in [0.2, 0.25) is 0 Å². The topological polar surface area (TPSA) is 185 Å². The molecule has 0 aliphatic heterocycles. The van der Waals surface area contributed by atoms with Crippen molar-refractivity contribution in [2.75, 3.05) is 66.1 Å². The van der Waals surface area contributed by atoms with Crippen LogP contribution in [0.25, 0.3) is 0 Å². The average molecular weight is 737 g/mol. The van der Waals surface area contributed by atoms with E-state index in [2.05, 4.69) is 39.5 Å². The van der Waals surface area contributed by atoms with E-state index in [1.807, 2.05) is 0 Å². The lowest BCUT2D eigenvalue weighted by molar-refractivity contribution is -0.173. The Morgan fingerprint density at radius 2 is 0.692 bits per heavy atom. The fourth-order valence-electron chi connectivity index (χ4n) is 3.75. The Balaban J connectivity index is 5.72. The monoisotopic (exact) mass is 736 g/mol. The van der Waals surface area contributed by atoms with Gasteiger partial charge in [0.1, 0.15) is 39.6 Å². The minimum Gasteiger partial charge on any atom is -0.462 e. The zero-order valence-corrected chi connectivity index (χ0v) is 30.6. The summed E-state index contributed by atoms with van der Waals surface area (Å²) in [6, 6.07) is 0. The number of hydrogen-bond donors (Lipinski definition) is 0. The van der Waals surface area contributed by atoms with Gasteiger partial charge in [-0.15, -0.1) is 0 Å². The van der Waals surface area contributed by atoms with Crippen LogP contribution in [0.15, 0.2) is 75.9 Å². The van der Waals surface area contributed by atoms with Crippen LogP contribution in [0, 0.1) is 10.8 Å². The molecule has 15 nitrogen and oxygen atoms in total. The first-order valence-electron chi connectivity index (χ1n) is 16.0.